The van der Waals surface area contributed by atoms with Crippen LogP contribution in [0.1, 0.15) is 12.5 Å². The number of carbonyl (C=O) groups is 1. The fourth-order valence-electron chi connectivity index (χ4n) is 2.55. The predicted octanol–water partition coefficient (Wildman–Crippen LogP) is 3.63. The SMILES string of the molecule is COc1ccc(-c2oc3cc(C)ccc3c(=O)c2O[C@H](C)C(=O)O)cc1. The highest BCUT2D eigenvalue weighted by atomic mass is 16.5. The van der Waals surface area contributed by atoms with Crippen LogP contribution in [0.5, 0.6) is 11.5 Å². The van der Waals surface area contributed by atoms with Gasteiger partial charge in [0, 0.05) is 5.56 Å². The Morgan fingerprint density at radius 3 is 2.46 bits per heavy atom. The molecule has 0 amide bonds. The molecule has 1 heterocycles. The van der Waals surface area contributed by atoms with Crippen molar-refractivity contribution < 1.29 is 23.8 Å². The number of carboxylic acids is 1. The third kappa shape index (κ3) is 3.26. The maximum absolute atomic E-state index is 12.9. The van der Waals surface area contributed by atoms with Crippen LogP contribution in [-0.2, 0) is 4.79 Å². The Balaban J connectivity index is 2.25. The van der Waals surface area contributed by atoms with E-state index in [1.165, 1.54) is 6.92 Å². The van der Waals surface area contributed by atoms with Crippen LogP contribution >= 0.6 is 0 Å². The van der Waals surface area contributed by atoms with Crippen molar-refractivity contribution in [2.45, 2.75) is 20.0 Å². The Kier molecular flexibility index (Phi) is 4.67. The molecule has 1 aromatic heterocycles. The Labute approximate surface area is 149 Å². The zero-order valence-corrected chi connectivity index (χ0v) is 14.6. The fraction of sp³-hybridized carbons (Fsp3) is 0.200. The van der Waals surface area contributed by atoms with Crippen LogP contribution in [-0.4, -0.2) is 24.3 Å². The molecule has 0 radical (unpaired) electrons. The first kappa shape index (κ1) is 17.5. The second-order valence-electron chi connectivity index (χ2n) is 5.92. The molecule has 0 aliphatic carbocycles. The van der Waals surface area contributed by atoms with E-state index in [9.17, 15) is 9.59 Å². The number of methoxy groups -OCH3 is 1. The van der Waals surface area contributed by atoms with Crippen LogP contribution in [0, 0.1) is 6.92 Å². The standard InChI is InChI=1S/C20H18O6/c1-11-4-9-15-16(10-11)26-18(13-5-7-14(24-3)8-6-13)19(17(15)21)25-12(2)20(22)23/h4-10,12H,1-3H3,(H,22,23)/t12-/m1/s1. The van der Waals surface area contributed by atoms with Crippen molar-refractivity contribution in [2.75, 3.05) is 7.11 Å². The van der Waals surface area contributed by atoms with Crippen molar-refractivity contribution >= 4 is 16.9 Å². The van der Waals surface area contributed by atoms with E-state index >= 15 is 0 Å². The summed E-state index contributed by atoms with van der Waals surface area (Å²) in [6.07, 6.45) is -1.20. The van der Waals surface area contributed by atoms with E-state index in [4.69, 9.17) is 19.0 Å². The predicted molar refractivity (Wildman–Crippen MR) is 96.9 cm³/mol. The second-order valence-corrected chi connectivity index (χ2v) is 5.92. The quantitative estimate of drug-likeness (QED) is 0.753. The van der Waals surface area contributed by atoms with Crippen molar-refractivity contribution in [2.24, 2.45) is 0 Å². The number of fused-ring (bicyclic) bond motifs is 1. The third-order valence-electron chi connectivity index (χ3n) is 4.00. The number of aliphatic carboxylic acids is 1. The second kappa shape index (κ2) is 6.92. The zero-order valence-electron chi connectivity index (χ0n) is 14.6. The topological polar surface area (TPSA) is 86.0 Å². The van der Waals surface area contributed by atoms with Crippen molar-refractivity contribution in [3.63, 3.8) is 0 Å². The average Bonchev–Trinajstić information content (AvgIpc) is 2.63. The van der Waals surface area contributed by atoms with Crippen LogP contribution in [0.15, 0.2) is 51.7 Å². The van der Waals surface area contributed by atoms with Gasteiger partial charge in [0.25, 0.3) is 0 Å². The minimum absolute atomic E-state index is 0.124. The molecular formula is C20H18O6. The van der Waals surface area contributed by atoms with Gasteiger partial charge in [-0.3, -0.25) is 4.79 Å². The van der Waals surface area contributed by atoms with E-state index in [0.29, 0.717) is 22.3 Å². The lowest BCUT2D eigenvalue weighted by molar-refractivity contribution is -0.144. The summed E-state index contributed by atoms with van der Waals surface area (Å²) in [6, 6.07) is 12.1. The highest BCUT2D eigenvalue weighted by Gasteiger charge is 2.22. The van der Waals surface area contributed by atoms with E-state index in [1.54, 1.807) is 49.6 Å². The number of hydrogen-bond acceptors (Lipinski definition) is 5. The third-order valence-corrected chi connectivity index (χ3v) is 4.00. The summed E-state index contributed by atoms with van der Waals surface area (Å²) >= 11 is 0. The molecule has 3 rings (SSSR count). The van der Waals surface area contributed by atoms with E-state index < -0.39 is 17.5 Å². The number of rotatable bonds is 5. The zero-order chi connectivity index (χ0) is 18.8. The van der Waals surface area contributed by atoms with Gasteiger partial charge < -0.3 is 19.0 Å². The largest absolute Gasteiger partial charge is 0.497 e. The molecule has 0 aliphatic heterocycles. The first-order valence-corrected chi connectivity index (χ1v) is 8.02. The van der Waals surface area contributed by atoms with Gasteiger partial charge in [0.2, 0.25) is 11.2 Å². The van der Waals surface area contributed by atoms with Gasteiger partial charge in [-0.05, 0) is 55.8 Å². The molecule has 2 aromatic carbocycles. The number of benzene rings is 2. The molecule has 1 atom stereocenters. The van der Waals surface area contributed by atoms with Crippen LogP contribution in [0.25, 0.3) is 22.3 Å². The minimum atomic E-state index is -1.20. The molecule has 6 heteroatoms. The van der Waals surface area contributed by atoms with Gasteiger partial charge in [0.05, 0.1) is 12.5 Å². The van der Waals surface area contributed by atoms with Crippen molar-refractivity contribution in [3.05, 3.63) is 58.3 Å². The van der Waals surface area contributed by atoms with E-state index in [0.717, 1.165) is 5.56 Å². The van der Waals surface area contributed by atoms with Gasteiger partial charge in [-0.15, -0.1) is 0 Å². The molecule has 6 nitrogen and oxygen atoms in total. The van der Waals surface area contributed by atoms with Crippen LogP contribution in [0.3, 0.4) is 0 Å². The summed E-state index contributed by atoms with van der Waals surface area (Å²) in [5, 5.41) is 9.47. The molecule has 134 valence electrons. The number of ether oxygens (including phenoxy) is 2. The lowest BCUT2D eigenvalue weighted by Gasteiger charge is -2.14. The van der Waals surface area contributed by atoms with Crippen LogP contribution < -0.4 is 14.9 Å². The number of aryl methyl sites for hydroxylation is 1. The monoisotopic (exact) mass is 354 g/mol. The highest BCUT2D eigenvalue weighted by Crippen LogP contribution is 2.32. The average molecular weight is 354 g/mol. The van der Waals surface area contributed by atoms with Gasteiger partial charge >= 0.3 is 5.97 Å². The molecule has 0 bridgehead atoms. The summed E-state index contributed by atoms with van der Waals surface area (Å²) < 4.78 is 16.5. The first-order valence-electron chi connectivity index (χ1n) is 8.02. The summed E-state index contributed by atoms with van der Waals surface area (Å²) in [7, 11) is 1.55. The van der Waals surface area contributed by atoms with Crippen LogP contribution in [0.2, 0.25) is 0 Å². The summed E-state index contributed by atoms with van der Waals surface area (Å²) in [5.74, 6) is -0.464. The van der Waals surface area contributed by atoms with Crippen molar-refractivity contribution in [3.8, 4) is 22.8 Å². The van der Waals surface area contributed by atoms with Crippen molar-refractivity contribution in [1.82, 2.24) is 0 Å². The summed E-state index contributed by atoms with van der Waals surface area (Å²) in [5.41, 5.74) is 1.52. The molecule has 3 aromatic rings. The summed E-state index contributed by atoms with van der Waals surface area (Å²) in [6.45, 7) is 3.25. The fourth-order valence-corrected chi connectivity index (χ4v) is 2.55. The molecule has 1 N–H and O–H groups in total. The van der Waals surface area contributed by atoms with E-state index in [-0.39, 0.29) is 11.5 Å². The molecule has 0 saturated carbocycles. The van der Waals surface area contributed by atoms with Gasteiger partial charge in [0.1, 0.15) is 11.3 Å². The Morgan fingerprint density at radius 1 is 1.15 bits per heavy atom. The van der Waals surface area contributed by atoms with Gasteiger partial charge in [-0.2, -0.15) is 0 Å². The van der Waals surface area contributed by atoms with E-state index in [2.05, 4.69) is 0 Å². The molecule has 26 heavy (non-hydrogen) atoms. The maximum Gasteiger partial charge on any atom is 0.344 e. The van der Waals surface area contributed by atoms with Crippen LogP contribution in [0.4, 0.5) is 0 Å². The molecular weight excluding hydrogens is 336 g/mol. The molecule has 0 unspecified atom stereocenters. The number of carboxylic acid groups (broad SMARTS) is 1. The molecule has 0 spiro atoms. The highest BCUT2D eigenvalue weighted by molar-refractivity contribution is 5.83. The van der Waals surface area contributed by atoms with Gasteiger partial charge in [-0.25, -0.2) is 4.79 Å². The Hall–Kier alpha value is -3.28. The lowest BCUT2D eigenvalue weighted by Crippen LogP contribution is -2.26. The smallest absolute Gasteiger partial charge is 0.344 e. The lowest BCUT2D eigenvalue weighted by atomic mass is 10.1. The summed E-state index contributed by atoms with van der Waals surface area (Å²) in [4.78, 5) is 24.1. The first-order chi connectivity index (χ1) is 12.4. The van der Waals surface area contributed by atoms with Crippen molar-refractivity contribution in [1.29, 1.82) is 0 Å². The van der Waals surface area contributed by atoms with Gasteiger partial charge in [0.15, 0.2) is 11.9 Å². The Morgan fingerprint density at radius 2 is 1.85 bits per heavy atom. The maximum atomic E-state index is 12.9. The molecule has 0 fully saturated rings. The van der Waals surface area contributed by atoms with Gasteiger partial charge in [-0.1, -0.05) is 6.07 Å². The molecule has 0 saturated heterocycles. The normalized spacial score (nSPS) is 12.0. The Bertz CT molecular complexity index is 1020. The minimum Gasteiger partial charge on any atom is -0.497 e. The van der Waals surface area contributed by atoms with E-state index in [1.807, 2.05) is 6.92 Å². The number of hydrogen-bond donors (Lipinski definition) is 1. The molecule has 0 aliphatic rings.